The van der Waals surface area contributed by atoms with Gasteiger partial charge in [0.05, 0.1) is 10.6 Å². The van der Waals surface area contributed by atoms with Crippen molar-refractivity contribution in [2.45, 2.75) is 49.5 Å². The molecule has 0 heterocycles. The lowest BCUT2D eigenvalue weighted by atomic mass is 10.1. The van der Waals surface area contributed by atoms with Crippen LogP contribution in [-0.4, -0.2) is 26.8 Å². The summed E-state index contributed by atoms with van der Waals surface area (Å²) in [5, 5.41) is 3.41. The lowest BCUT2D eigenvalue weighted by Gasteiger charge is -2.16. The van der Waals surface area contributed by atoms with Gasteiger partial charge in [-0.25, -0.2) is 8.42 Å². The smallest absolute Gasteiger partial charge is 0.179 e. The molecule has 1 aliphatic carbocycles. The van der Waals surface area contributed by atoms with Crippen molar-refractivity contribution in [1.82, 2.24) is 5.32 Å². The summed E-state index contributed by atoms with van der Waals surface area (Å²) < 4.78 is 25.3. The quantitative estimate of drug-likeness (QED) is 0.817. The molecule has 112 valence electrons. The van der Waals surface area contributed by atoms with E-state index in [1.54, 1.807) is 24.3 Å². The summed E-state index contributed by atoms with van der Waals surface area (Å²) in [5.41, 5.74) is 0. The van der Waals surface area contributed by atoms with Crippen molar-refractivity contribution in [2.75, 3.05) is 12.3 Å². The average Bonchev–Trinajstić information content (AvgIpc) is 2.68. The molecule has 1 saturated carbocycles. The van der Waals surface area contributed by atoms with E-state index in [-0.39, 0.29) is 5.75 Å². The number of benzene rings is 1. The molecule has 1 aromatic rings. The Morgan fingerprint density at radius 1 is 1.05 bits per heavy atom. The lowest BCUT2D eigenvalue weighted by Crippen LogP contribution is -2.32. The van der Waals surface area contributed by atoms with Crippen molar-refractivity contribution in [2.24, 2.45) is 0 Å². The van der Waals surface area contributed by atoms with Gasteiger partial charge in [0.15, 0.2) is 9.84 Å². The van der Waals surface area contributed by atoms with E-state index in [2.05, 4.69) is 21.2 Å². The third kappa shape index (κ3) is 4.86. The van der Waals surface area contributed by atoms with Gasteiger partial charge in [-0.3, -0.25) is 0 Å². The van der Waals surface area contributed by atoms with Crippen LogP contribution in [0.4, 0.5) is 0 Å². The lowest BCUT2D eigenvalue weighted by molar-refractivity contribution is 0.471. The van der Waals surface area contributed by atoms with Crippen LogP contribution in [-0.2, 0) is 9.84 Å². The largest absolute Gasteiger partial charge is 0.313 e. The molecule has 1 N–H and O–H groups in total. The van der Waals surface area contributed by atoms with Crippen LogP contribution in [0.15, 0.2) is 33.6 Å². The summed E-state index contributed by atoms with van der Waals surface area (Å²) in [5.74, 6) is 0.172. The van der Waals surface area contributed by atoms with Gasteiger partial charge in [0.25, 0.3) is 0 Å². The Bertz CT molecular complexity index is 505. The predicted molar refractivity (Wildman–Crippen MR) is 85.7 cm³/mol. The van der Waals surface area contributed by atoms with Crippen molar-refractivity contribution in [3.63, 3.8) is 0 Å². The number of halogens is 1. The van der Waals surface area contributed by atoms with E-state index in [9.17, 15) is 8.42 Å². The molecule has 5 heteroatoms. The zero-order chi connectivity index (χ0) is 14.4. The minimum absolute atomic E-state index is 0.172. The molecule has 0 unspecified atom stereocenters. The van der Waals surface area contributed by atoms with E-state index >= 15 is 0 Å². The molecule has 0 atom stereocenters. The van der Waals surface area contributed by atoms with Crippen molar-refractivity contribution in [1.29, 1.82) is 0 Å². The van der Waals surface area contributed by atoms with Crippen LogP contribution in [0.1, 0.15) is 38.5 Å². The number of hydrogen-bond acceptors (Lipinski definition) is 3. The second-order valence-electron chi connectivity index (χ2n) is 5.42. The third-order valence-electron chi connectivity index (χ3n) is 3.83. The van der Waals surface area contributed by atoms with Crippen molar-refractivity contribution in [3.8, 4) is 0 Å². The minimum atomic E-state index is -3.17. The van der Waals surface area contributed by atoms with Crippen molar-refractivity contribution >= 4 is 25.8 Å². The van der Waals surface area contributed by atoms with Crippen molar-refractivity contribution < 1.29 is 8.42 Å². The summed E-state index contributed by atoms with van der Waals surface area (Å²) in [4.78, 5) is 0.406. The molecule has 0 spiro atoms. The van der Waals surface area contributed by atoms with Crippen LogP contribution in [0, 0.1) is 0 Å². The summed E-state index contributed by atoms with van der Waals surface area (Å²) in [7, 11) is -3.17. The zero-order valence-electron chi connectivity index (χ0n) is 11.6. The maximum Gasteiger partial charge on any atom is 0.179 e. The van der Waals surface area contributed by atoms with Gasteiger partial charge in [-0.15, -0.1) is 0 Å². The molecule has 3 nitrogen and oxygen atoms in total. The second kappa shape index (κ2) is 7.57. The molecule has 0 aliphatic heterocycles. The number of sulfone groups is 1. The fourth-order valence-corrected chi connectivity index (χ4v) is 4.08. The van der Waals surface area contributed by atoms with Gasteiger partial charge in [-0.2, -0.15) is 0 Å². The minimum Gasteiger partial charge on any atom is -0.313 e. The van der Waals surface area contributed by atoms with Crippen LogP contribution in [0.2, 0.25) is 0 Å². The highest BCUT2D eigenvalue weighted by atomic mass is 79.9. The molecule has 0 amide bonds. The summed E-state index contributed by atoms with van der Waals surface area (Å²) in [6, 6.07) is 7.35. The van der Waals surface area contributed by atoms with Gasteiger partial charge in [0.2, 0.25) is 0 Å². The normalized spacial score (nSPS) is 17.9. The highest BCUT2D eigenvalue weighted by Crippen LogP contribution is 2.18. The Morgan fingerprint density at radius 3 is 2.25 bits per heavy atom. The number of nitrogens with one attached hydrogen (secondary N) is 1. The topological polar surface area (TPSA) is 46.2 Å². The predicted octanol–water partition coefficient (Wildman–Crippen LogP) is 3.54. The van der Waals surface area contributed by atoms with Gasteiger partial charge in [-0.05, 0) is 37.1 Å². The standard InChI is InChI=1S/C15H22BrNO2S/c16-13-7-9-15(10-8-13)20(18,19)12-11-17-14-5-3-1-2-4-6-14/h7-10,14,17H,1-6,11-12H2. The fraction of sp³-hybridized carbons (Fsp3) is 0.600. The van der Waals surface area contributed by atoms with Crippen LogP contribution in [0.3, 0.4) is 0 Å². The van der Waals surface area contributed by atoms with Crippen LogP contribution >= 0.6 is 15.9 Å². The Labute approximate surface area is 130 Å². The average molecular weight is 360 g/mol. The zero-order valence-corrected chi connectivity index (χ0v) is 14.0. The Balaban J connectivity index is 1.84. The first-order valence-electron chi connectivity index (χ1n) is 7.30. The van der Waals surface area contributed by atoms with E-state index in [1.807, 2.05) is 0 Å². The van der Waals surface area contributed by atoms with Crippen LogP contribution < -0.4 is 5.32 Å². The van der Waals surface area contributed by atoms with Gasteiger partial charge < -0.3 is 5.32 Å². The first kappa shape index (κ1) is 16.0. The third-order valence-corrected chi connectivity index (χ3v) is 6.09. The number of hydrogen-bond donors (Lipinski definition) is 1. The van der Waals surface area contributed by atoms with E-state index in [0.717, 1.165) is 4.47 Å². The molecule has 1 aliphatic rings. The Kier molecular flexibility index (Phi) is 6.05. The molecule has 1 aromatic carbocycles. The molecular formula is C15H22BrNO2S. The molecule has 1 fully saturated rings. The van der Waals surface area contributed by atoms with E-state index < -0.39 is 9.84 Å². The molecule has 2 rings (SSSR count). The Morgan fingerprint density at radius 2 is 1.65 bits per heavy atom. The van der Waals surface area contributed by atoms with Crippen LogP contribution in [0.5, 0.6) is 0 Å². The molecule has 0 radical (unpaired) electrons. The highest BCUT2D eigenvalue weighted by molar-refractivity contribution is 9.10. The van der Waals surface area contributed by atoms with Crippen molar-refractivity contribution in [3.05, 3.63) is 28.7 Å². The molecule has 0 aromatic heterocycles. The maximum atomic E-state index is 12.2. The molecular weight excluding hydrogens is 338 g/mol. The SMILES string of the molecule is O=S(=O)(CCNC1CCCCCC1)c1ccc(Br)cc1. The number of rotatable bonds is 5. The molecule has 0 saturated heterocycles. The van der Waals surface area contributed by atoms with Crippen LogP contribution in [0.25, 0.3) is 0 Å². The first-order chi connectivity index (χ1) is 9.58. The summed E-state index contributed by atoms with van der Waals surface area (Å²) in [6.07, 6.45) is 7.51. The monoisotopic (exact) mass is 359 g/mol. The molecule has 20 heavy (non-hydrogen) atoms. The van der Waals surface area contributed by atoms with E-state index in [4.69, 9.17) is 0 Å². The Hall–Kier alpha value is -0.390. The summed E-state index contributed by atoms with van der Waals surface area (Å²) in [6.45, 7) is 0.545. The first-order valence-corrected chi connectivity index (χ1v) is 9.74. The van der Waals surface area contributed by atoms with Gasteiger partial charge >= 0.3 is 0 Å². The molecule has 0 bridgehead atoms. The van der Waals surface area contributed by atoms with Gasteiger partial charge in [0, 0.05) is 17.1 Å². The maximum absolute atomic E-state index is 12.2. The highest BCUT2D eigenvalue weighted by Gasteiger charge is 2.16. The summed E-state index contributed by atoms with van der Waals surface area (Å²) >= 11 is 3.32. The van der Waals surface area contributed by atoms with E-state index in [0.29, 0.717) is 17.5 Å². The van der Waals surface area contributed by atoms with Gasteiger partial charge in [-0.1, -0.05) is 41.6 Å². The second-order valence-corrected chi connectivity index (χ2v) is 8.44. The van der Waals surface area contributed by atoms with E-state index in [1.165, 1.54) is 38.5 Å². The van der Waals surface area contributed by atoms with Gasteiger partial charge in [0.1, 0.15) is 0 Å². The fourth-order valence-electron chi connectivity index (χ4n) is 2.64.